The maximum atomic E-state index is 12.9. The minimum atomic E-state index is -3.58. The highest BCUT2D eigenvalue weighted by molar-refractivity contribution is 7.89. The van der Waals surface area contributed by atoms with Crippen LogP contribution in [0.3, 0.4) is 0 Å². The van der Waals surface area contributed by atoms with E-state index >= 15 is 0 Å². The van der Waals surface area contributed by atoms with Crippen molar-refractivity contribution in [1.29, 1.82) is 5.26 Å². The van der Waals surface area contributed by atoms with Gasteiger partial charge in [-0.15, -0.1) is 0 Å². The SMILES string of the molecule is Cc1ccc(C(=O)N(C)CCC#N)cc1S(=O)(=O)N1CCCCC1. The van der Waals surface area contributed by atoms with Gasteiger partial charge in [-0.2, -0.15) is 9.57 Å². The van der Waals surface area contributed by atoms with Crippen molar-refractivity contribution in [3.63, 3.8) is 0 Å². The number of aryl methyl sites for hydroxylation is 1. The van der Waals surface area contributed by atoms with Crippen LogP contribution < -0.4 is 0 Å². The van der Waals surface area contributed by atoms with E-state index in [1.807, 2.05) is 6.07 Å². The smallest absolute Gasteiger partial charge is 0.253 e. The number of nitrogens with zero attached hydrogens (tertiary/aromatic N) is 3. The van der Waals surface area contributed by atoms with Crippen molar-refractivity contribution in [2.45, 2.75) is 37.5 Å². The largest absolute Gasteiger partial charge is 0.341 e. The highest BCUT2D eigenvalue weighted by atomic mass is 32.2. The van der Waals surface area contributed by atoms with E-state index in [4.69, 9.17) is 5.26 Å². The first-order valence-corrected chi connectivity index (χ1v) is 9.55. The van der Waals surface area contributed by atoms with Crippen molar-refractivity contribution in [3.8, 4) is 6.07 Å². The molecule has 0 radical (unpaired) electrons. The minimum absolute atomic E-state index is 0.198. The van der Waals surface area contributed by atoms with Gasteiger partial charge in [0.25, 0.3) is 5.91 Å². The van der Waals surface area contributed by atoms with Gasteiger partial charge in [0.15, 0.2) is 0 Å². The highest BCUT2D eigenvalue weighted by Gasteiger charge is 2.28. The van der Waals surface area contributed by atoms with E-state index in [0.29, 0.717) is 30.8 Å². The molecule has 0 unspecified atom stereocenters. The molecule has 7 heteroatoms. The fourth-order valence-electron chi connectivity index (χ4n) is 2.80. The molecule has 130 valence electrons. The fourth-order valence-corrected chi connectivity index (χ4v) is 4.56. The molecule has 2 rings (SSSR count). The first-order valence-electron chi connectivity index (χ1n) is 8.11. The number of rotatable bonds is 5. The topological polar surface area (TPSA) is 81.5 Å². The van der Waals surface area contributed by atoms with E-state index in [1.165, 1.54) is 15.3 Å². The summed E-state index contributed by atoms with van der Waals surface area (Å²) in [5, 5.41) is 8.63. The van der Waals surface area contributed by atoms with Crippen LogP contribution in [0, 0.1) is 18.3 Å². The third kappa shape index (κ3) is 3.94. The summed E-state index contributed by atoms with van der Waals surface area (Å²) in [4.78, 5) is 14.1. The zero-order valence-electron chi connectivity index (χ0n) is 14.2. The molecule has 1 saturated heterocycles. The minimum Gasteiger partial charge on any atom is -0.341 e. The second-order valence-corrected chi connectivity index (χ2v) is 7.99. The molecule has 6 nitrogen and oxygen atoms in total. The number of carbonyl (C=O) groups excluding carboxylic acids is 1. The van der Waals surface area contributed by atoms with Gasteiger partial charge in [0.2, 0.25) is 10.0 Å². The average Bonchev–Trinajstić information content (AvgIpc) is 2.60. The number of hydrogen-bond donors (Lipinski definition) is 0. The molecule has 0 aromatic heterocycles. The van der Waals surface area contributed by atoms with Crippen LogP contribution in [0.25, 0.3) is 0 Å². The Morgan fingerprint density at radius 1 is 1.29 bits per heavy atom. The van der Waals surface area contributed by atoms with Crippen LogP contribution in [0.1, 0.15) is 41.6 Å². The molecule has 1 amide bonds. The third-order valence-corrected chi connectivity index (χ3v) is 6.31. The summed E-state index contributed by atoms with van der Waals surface area (Å²) in [7, 11) is -1.97. The Balaban J connectivity index is 2.31. The second-order valence-electron chi connectivity index (χ2n) is 6.08. The molecule has 1 fully saturated rings. The predicted octanol–water partition coefficient (Wildman–Crippen LogP) is 2.16. The maximum Gasteiger partial charge on any atom is 0.253 e. The predicted molar refractivity (Wildman–Crippen MR) is 91.0 cm³/mol. The molecule has 0 atom stereocenters. The van der Waals surface area contributed by atoms with Gasteiger partial charge >= 0.3 is 0 Å². The van der Waals surface area contributed by atoms with Crippen LogP contribution in [0.5, 0.6) is 0 Å². The molecule has 0 saturated carbocycles. The number of hydrogen-bond acceptors (Lipinski definition) is 4. The van der Waals surface area contributed by atoms with E-state index in [0.717, 1.165) is 19.3 Å². The molecule has 1 aliphatic heterocycles. The summed E-state index contributed by atoms with van der Waals surface area (Å²) < 4.78 is 27.3. The van der Waals surface area contributed by atoms with Crippen LogP contribution in [0.2, 0.25) is 0 Å². The zero-order valence-corrected chi connectivity index (χ0v) is 15.0. The van der Waals surface area contributed by atoms with Crippen LogP contribution >= 0.6 is 0 Å². The van der Waals surface area contributed by atoms with Crippen molar-refractivity contribution in [1.82, 2.24) is 9.21 Å². The summed E-state index contributed by atoms with van der Waals surface area (Å²) in [6.07, 6.45) is 3.03. The molecular weight excluding hydrogens is 326 g/mol. The third-order valence-electron chi connectivity index (χ3n) is 4.27. The lowest BCUT2D eigenvalue weighted by Gasteiger charge is -2.27. The molecule has 24 heavy (non-hydrogen) atoms. The molecule has 0 bridgehead atoms. The molecule has 0 spiro atoms. The van der Waals surface area contributed by atoms with Gasteiger partial charge in [-0.05, 0) is 37.5 Å². The van der Waals surface area contributed by atoms with Crippen molar-refractivity contribution >= 4 is 15.9 Å². The van der Waals surface area contributed by atoms with Gasteiger partial charge in [-0.3, -0.25) is 4.79 Å². The van der Waals surface area contributed by atoms with Gasteiger partial charge < -0.3 is 4.90 Å². The van der Waals surface area contributed by atoms with Crippen molar-refractivity contribution in [2.24, 2.45) is 0 Å². The Labute approximate surface area is 143 Å². The van der Waals surface area contributed by atoms with Gasteiger partial charge in [0.05, 0.1) is 17.4 Å². The lowest BCUT2D eigenvalue weighted by Crippen LogP contribution is -2.36. The maximum absolute atomic E-state index is 12.9. The van der Waals surface area contributed by atoms with Crippen molar-refractivity contribution in [2.75, 3.05) is 26.7 Å². The van der Waals surface area contributed by atoms with Gasteiger partial charge in [0.1, 0.15) is 0 Å². The Morgan fingerprint density at radius 2 is 1.96 bits per heavy atom. The lowest BCUT2D eigenvalue weighted by atomic mass is 10.1. The average molecular weight is 349 g/mol. The van der Waals surface area contributed by atoms with Crippen LogP contribution in [0.4, 0.5) is 0 Å². The van der Waals surface area contributed by atoms with E-state index in [9.17, 15) is 13.2 Å². The highest BCUT2D eigenvalue weighted by Crippen LogP contribution is 2.24. The number of amides is 1. The molecular formula is C17H23N3O3S. The Morgan fingerprint density at radius 3 is 2.58 bits per heavy atom. The molecule has 1 aliphatic rings. The molecule has 1 heterocycles. The van der Waals surface area contributed by atoms with E-state index in [1.54, 1.807) is 26.1 Å². The zero-order chi connectivity index (χ0) is 17.7. The monoisotopic (exact) mass is 349 g/mol. The normalized spacial score (nSPS) is 15.7. The first kappa shape index (κ1) is 18.4. The Kier molecular flexibility index (Phi) is 5.97. The van der Waals surface area contributed by atoms with E-state index in [2.05, 4.69) is 0 Å². The van der Waals surface area contributed by atoms with Crippen LogP contribution in [0.15, 0.2) is 23.1 Å². The first-order chi connectivity index (χ1) is 11.4. The summed E-state index contributed by atoms with van der Waals surface area (Å²) in [6.45, 7) is 3.12. The number of benzene rings is 1. The van der Waals surface area contributed by atoms with Gasteiger partial charge in [-0.1, -0.05) is 12.5 Å². The van der Waals surface area contributed by atoms with Crippen LogP contribution in [-0.4, -0.2) is 50.2 Å². The second kappa shape index (κ2) is 7.77. The molecule has 1 aromatic rings. The number of nitriles is 1. The quantitative estimate of drug-likeness (QED) is 0.816. The lowest BCUT2D eigenvalue weighted by molar-refractivity contribution is 0.0797. The Hall–Kier alpha value is -1.91. The number of carbonyl (C=O) groups is 1. The fraction of sp³-hybridized carbons (Fsp3) is 0.529. The number of sulfonamides is 1. The summed E-state index contributed by atoms with van der Waals surface area (Å²) in [5.41, 5.74) is 0.966. The number of piperidine rings is 1. The van der Waals surface area contributed by atoms with Gasteiger partial charge in [-0.25, -0.2) is 8.42 Å². The van der Waals surface area contributed by atoms with E-state index < -0.39 is 10.0 Å². The molecule has 0 aliphatic carbocycles. The van der Waals surface area contributed by atoms with Crippen molar-refractivity contribution < 1.29 is 13.2 Å². The standard InChI is InChI=1S/C17H23N3O3S/c1-14-7-8-15(17(21)19(2)10-6-9-18)13-16(14)24(22,23)20-11-4-3-5-12-20/h7-8,13H,3-6,10-12H2,1-2H3. The van der Waals surface area contributed by atoms with Gasteiger partial charge in [0, 0.05) is 32.2 Å². The Bertz CT molecular complexity index is 747. The van der Waals surface area contributed by atoms with E-state index in [-0.39, 0.29) is 17.2 Å². The molecule has 0 N–H and O–H groups in total. The summed E-state index contributed by atoms with van der Waals surface area (Å²) in [5.74, 6) is -0.277. The summed E-state index contributed by atoms with van der Waals surface area (Å²) in [6, 6.07) is 6.76. The molecule has 1 aromatic carbocycles. The van der Waals surface area contributed by atoms with Crippen LogP contribution in [-0.2, 0) is 10.0 Å². The van der Waals surface area contributed by atoms with Crippen molar-refractivity contribution in [3.05, 3.63) is 29.3 Å². The summed E-state index contributed by atoms with van der Waals surface area (Å²) >= 11 is 0.